The molecular formula is C93H66BClN6O6. The van der Waals surface area contributed by atoms with Crippen molar-refractivity contribution >= 4 is 133 Å². The van der Waals surface area contributed by atoms with Crippen LogP contribution in [0, 0.1) is 0 Å². The van der Waals surface area contributed by atoms with Crippen LogP contribution in [0.2, 0.25) is 5.02 Å². The van der Waals surface area contributed by atoms with E-state index in [0.29, 0.717) is 40.0 Å². The Kier molecular flexibility index (Phi) is 16.5. The SMILES string of the molecule is C.CC1(C)OB(c2ccc3c(ccc4c5ccccc5oc34)c2)OC1(C)C.Clc1cccc(-c2nc(-c3ccccc3)nc(-c3ccc4c(c3)oc3ccccc34)n2)c1.c1ccc(-c2nc(-c3cccc(-c4ccc5c(ccc6c7ccccc7oc56)c4)c3)nc(-c3ccc4c(c3)oc3ccccc34)n2)cc1. The first kappa shape index (κ1) is 66.1. The minimum atomic E-state index is -0.351. The van der Waals surface area contributed by atoms with Crippen molar-refractivity contribution in [1.29, 1.82) is 0 Å². The van der Waals surface area contributed by atoms with Crippen molar-refractivity contribution in [3.05, 3.63) is 308 Å². The van der Waals surface area contributed by atoms with Crippen LogP contribution in [0.3, 0.4) is 0 Å². The maximum absolute atomic E-state index is 6.29. The van der Waals surface area contributed by atoms with Crippen molar-refractivity contribution in [2.75, 3.05) is 0 Å². The number of fused-ring (bicyclic) bond motifs is 16. The first-order valence-corrected chi connectivity index (χ1v) is 35.6. The number of hydrogen-bond donors (Lipinski definition) is 0. The number of benzene rings is 14. The molecular weight excluding hydrogens is 1340 g/mol. The van der Waals surface area contributed by atoms with E-state index < -0.39 is 0 Å². The molecule has 0 N–H and O–H groups in total. The Morgan fingerprint density at radius 3 is 1.06 bits per heavy atom. The van der Waals surface area contributed by atoms with Gasteiger partial charge >= 0.3 is 7.12 Å². The highest BCUT2D eigenvalue weighted by molar-refractivity contribution is 6.62. The normalized spacial score (nSPS) is 13.3. The van der Waals surface area contributed by atoms with Gasteiger partial charge in [-0.15, -0.1) is 0 Å². The van der Waals surface area contributed by atoms with E-state index in [0.717, 1.165) is 159 Å². The first-order valence-electron chi connectivity index (χ1n) is 35.2. The van der Waals surface area contributed by atoms with Crippen LogP contribution in [0.4, 0.5) is 0 Å². The fourth-order valence-electron chi connectivity index (χ4n) is 14.2. The van der Waals surface area contributed by atoms with Crippen LogP contribution in [0.1, 0.15) is 35.1 Å². The molecule has 1 aliphatic heterocycles. The molecule has 514 valence electrons. The summed E-state index contributed by atoms with van der Waals surface area (Å²) in [5.74, 6) is 3.57. The second-order valence-electron chi connectivity index (χ2n) is 27.6. The summed E-state index contributed by atoms with van der Waals surface area (Å²) in [6.07, 6.45) is 0. The minimum Gasteiger partial charge on any atom is -0.456 e. The predicted molar refractivity (Wildman–Crippen MR) is 436 cm³/mol. The zero-order valence-corrected chi connectivity index (χ0v) is 58.7. The molecule has 107 heavy (non-hydrogen) atoms. The van der Waals surface area contributed by atoms with Crippen LogP contribution in [-0.4, -0.2) is 48.2 Å². The highest BCUT2D eigenvalue weighted by atomic mass is 35.5. The number of furan rings is 4. The largest absolute Gasteiger partial charge is 0.494 e. The summed E-state index contributed by atoms with van der Waals surface area (Å²) in [5.41, 5.74) is 14.9. The van der Waals surface area contributed by atoms with E-state index in [9.17, 15) is 0 Å². The maximum Gasteiger partial charge on any atom is 0.494 e. The lowest BCUT2D eigenvalue weighted by Gasteiger charge is -2.32. The lowest BCUT2D eigenvalue weighted by Crippen LogP contribution is -2.41. The Bertz CT molecular complexity index is 6830. The van der Waals surface area contributed by atoms with E-state index in [1.165, 1.54) is 0 Å². The average molecular weight is 1410 g/mol. The van der Waals surface area contributed by atoms with Crippen LogP contribution in [0.5, 0.6) is 0 Å². The molecule has 12 nitrogen and oxygen atoms in total. The third-order valence-electron chi connectivity index (χ3n) is 20.4. The van der Waals surface area contributed by atoms with Crippen molar-refractivity contribution < 1.29 is 27.0 Å². The van der Waals surface area contributed by atoms with E-state index in [2.05, 4.69) is 161 Å². The summed E-state index contributed by atoms with van der Waals surface area (Å²) in [4.78, 5) is 29.2. The van der Waals surface area contributed by atoms with Crippen molar-refractivity contribution in [1.82, 2.24) is 29.9 Å². The fraction of sp³-hybridized carbons (Fsp3) is 0.0753. The minimum absolute atomic E-state index is 0. The average Bonchev–Trinajstić information content (AvgIpc) is 1.63. The molecule has 14 aromatic carbocycles. The quantitative estimate of drug-likeness (QED) is 0.133. The lowest BCUT2D eigenvalue weighted by atomic mass is 9.78. The second-order valence-corrected chi connectivity index (χ2v) is 28.1. The molecule has 6 aromatic heterocycles. The Morgan fingerprint density at radius 1 is 0.252 bits per heavy atom. The van der Waals surface area contributed by atoms with Gasteiger partial charge in [-0.3, -0.25) is 0 Å². The van der Waals surface area contributed by atoms with Gasteiger partial charge in [0, 0.05) is 92.3 Å². The summed E-state index contributed by atoms with van der Waals surface area (Å²) in [5, 5.41) is 14.0. The highest BCUT2D eigenvalue weighted by Crippen LogP contribution is 2.41. The molecule has 0 radical (unpaired) electrons. The molecule has 0 aliphatic carbocycles. The zero-order chi connectivity index (χ0) is 71.2. The van der Waals surface area contributed by atoms with Crippen LogP contribution >= 0.6 is 11.6 Å². The zero-order valence-electron chi connectivity index (χ0n) is 58.0. The molecule has 21 rings (SSSR count). The smallest absolute Gasteiger partial charge is 0.456 e. The van der Waals surface area contributed by atoms with Crippen molar-refractivity contribution in [3.8, 4) is 79.5 Å². The van der Waals surface area contributed by atoms with Gasteiger partial charge in [0.25, 0.3) is 0 Å². The van der Waals surface area contributed by atoms with E-state index in [4.69, 9.17) is 68.5 Å². The van der Waals surface area contributed by atoms with Gasteiger partial charge in [0.1, 0.15) is 44.7 Å². The van der Waals surface area contributed by atoms with Crippen molar-refractivity contribution in [2.45, 2.75) is 46.3 Å². The molecule has 0 amide bonds. The predicted octanol–water partition coefficient (Wildman–Crippen LogP) is 24.6. The second kappa shape index (κ2) is 26.7. The molecule has 0 bridgehead atoms. The van der Waals surface area contributed by atoms with Crippen molar-refractivity contribution in [2.24, 2.45) is 0 Å². The van der Waals surface area contributed by atoms with Gasteiger partial charge in [0.2, 0.25) is 0 Å². The van der Waals surface area contributed by atoms with E-state index >= 15 is 0 Å². The molecule has 0 spiro atoms. The summed E-state index contributed by atoms with van der Waals surface area (Å²) in [6.45, 7) is 8.30. The summed E-state index contributed by atoms with van der Waals surface area (Å²) in [6, 6.07) is 102. The van der Waals surface area contributed by atoms with Gasteiger partial charge in [0.15, 0.2) is 34.9 Å². The molecule has 14 heteroatoms. The third-order valence-corrected chi connectivity index (χ3v) is 20.6. The topological polar surface area (TPSA) is 148 Å². The summed E-state index contributed by atoms with van der Waals surface area (Å²) < 4.78 is 37.1. The Morgan fingerprint density at radius 2 is 0.579 bits per heavy atom. The van der Waals surface area contributed by atoms with Gasteiger partial charge in [-0.2, -0.15) is 0 Å². The standard InChI is InChI=1S/C43H25N3O2.C27H16ClN3O.C22H21BO3.CH4/c1-2-9-26(10-3-1)41-44-42(46-43(45-41)31-19-21-35-33-13-4-6-15-37(33)47-39(35)25-31)30-12-8-11-27(24-30)28-17-20-32-29(23-28)18-22-36-34-14-5-7-16-38(34)48-40(32)36;28-20-10-6-9-18(15-20)26-29-25(17-7-2-1-3-8-17)30-27(31-26)19-13-14-22-21-11-4-5-12-23(21)32-24(22)16-19;1-21(2)22(3,4)26-23(25-21)15-10-12-16-14(13-15)9-11-18-17-7-5-6-8-19(17)24-20(16)18;/h1-25H;1-16H;5-13H,1-4H3;1H4. The molecule has 7 heterocycles. The molecule has 20 aromatic rings. The molecule has 1 fully saturated rings. The number of nitrogens with zero attached hydrogens (tertiary/aromatic N) is 6. The van der Waals surface area contributed by atoms with Gasteiger partial charge in [-0.05, 0) is 146 Å². The monoisotopic (exact) mass is 1410 g/mol. The molecule has 1 saturated heterocycles. The van der Waals surface area contributed by atoms with E-state index in [1.807, 2.05) is 170 Å². The first-order chi connectivity index (χ1) is 51.8. The van der Waals surface area contributed by atoms with Crippen LogP contribution in [0.25, 0.3) is 189 Å². The number of para-hydroxylation sites is 4. The van der Waals surface area contributed by atoms with Crippen LogP contribution in [0.15, 0.2) is 321 Å². The Labute approximate surface area is 620 Å². The molecule has 0 atom stereocenters. The Balaban J connectivity index is 0.000000119. The molecule has 0 unspecified atom stereocenters. The van der Waals surface area contributed by atoms with E-state index in [1.54, 1.807) is 0 Å². The van der Waals surface area contributed by atoms with Gasteiger partial charge < -0.3 is 27.0 Å². The molecule has 0 saturated carbocycles. The third kappa shape index (κ3) is 12.2. The van der Waals surface area contributed by atoms with Crippen LogP contribution < -0.4 is 5.46 Å². The number of aromatic nitrogens is 6. The number of hydrogen-bond acceptors (Lipinski definition) is 12. The fourth-order valence-corrected chi connectivity index (χ4v) is 14.4. The van der Waals surface area contributed by atoms with Gasteiger partial charge in [-0.1, -0.05) is 231 Å². The molecule has 1 aliphatic rings. The van der Waals surface area contributed by atoms with E-state index in [-0.39, 0.29) is 25.7 Å². The summed E-state index contributed by atoms with van der Waals surface area (Å²) in [7, 11) is -0.351. The highest BCUT2D eigenvalue weighted by Gasteiger charge is 2.51. The van der Waals surface area contributed by atoms with Gasteiger partial charge in [0.05, 0.1) is 11.2 Å². The maximum atomic E-state index is 6.29. The number of halogens is 1. The summed E-state index contributed by atoms with van der Waals surface area (Å²) >= 11 is 6.23. The van der Waals surface area contributed by atoms with Crippen LogP contribution in [-0.2, 0) is 9.31 Å². The Hall–Kier alpha value is -12.9. The lowest BCUT2D eigenvalue weighted by molar-refractivity contribution is 0.00578. The van der Waals surface area contributed by atoms with Gasteiger partial charge in [-0.25, -0.2) is 29.9 Å². The van der Waals surface area contributed by atoms with Crippen molar-refractivity contribution in [3.63, 3.8) is 0 Å². The number of rotatable bonds is 8.